The van der Waals surface area contributed by atoms with E-state index in [-0.39, 0.29) is 6.42 Å². The molecule has 4 heteroatoms. The third kappa shape index (κ3) is 3.52. The lowest BCUT2D eigenvalue weighted by Crippen LogP contribution is -2.10. The molecule has 0 unspecified atom stereocenters. The number of carbonyl (C=O) groups is 2. The fraction of sp³-hybridized carbons (Fsp3) is 0.176. The summed E-state index contributed by atoms with van der Waals surface area (Å²) in [6.45, 7) is 0. The van der Waals surface area contributed by atoms with Crippen molar-refractivity contribution in [3.05, 3.63) is 64.7 Å². The van der Waals surface area contributed by atoms with Crippen LogP contribution < -0.4 is 0 Å². The van der Waals surface area contributed by atoms with E-state index in [9.17, 15) is 9.59 Å². The van der Waals surface area contributed by atoms with Crippen molar-refractivity contribution in [3.63, 3.8) is 0 Å². The normalized spacial score (nSPS) is 10.2. The molecule has 0 aliphatic carbocycles. The molecule has 0 N–H and O–H groups in total. The number of benzene rings is 2. The lowest BCUT2D eigenvalue weighted by molar-refractivity contribution is -0.107. The molecule has 108 valence electrons. The Hall–Kier alpha value is -2.07. The number of hydrogen-bond donors (Lipinski definition) is 1. The molecular weight excluding hydrogens is 284 g/mol. The van der Waals surface area contributed by atoms with Crippen molar-refractivity contribution in [2.45, 2.75) is 17.7 Å². The predicted molar refractivity (Wildman–Crippen MR) is 84.0 cm³/mol. The lowest BCUT2D eigenvalue weighted by Gasteiger charge is -2.14. The van der Waals surface area contributed by atoms with Crippen LogP contribution in [0.4, 0.5) is 0 Å². The number of esters is 1. The molecule has 0 bridgehead atoms. The molecule has 2 aromatic rings. The van der Waals surface area contributed by atoms with Crippen molar-refractivity contribution >= 4 is 24.9 Å². The highest BCUT2D eigenvalue weighted by molar-refractivity contribution is 7.80. The fourth-order valence-electron chi connectivity index (χ4n) is 2.30. The molecule has 0 amide bonds. The van der Waals surface area contributed by atoms with Gasteiger partial charge >= 0.3 is 5.97 Å². The maximum Gasteiger partial charge on any atom is 0.338 e. The standard InChI is InChI=1S/C17H16O3S/c1-20-17(19)14-7-8-16(21)15(13(14)9-10-18)11-12-5-3-2-4-6-12/h2-8,10,21H,9,11H2,1H3. The van der Waals surface area contributed by atoms with Gasteiger partial charge in [-0.05, 0) is 35.2 Å². The minimum atomic E-state index is -0.436. The highest BCUT2D eigenvalue weighted by Crippen LogP contribution is 2.26. The van der Waals surface area contributed by atoms with Gasteiger partial charge in [0.05, 0.1) is 12.7 Å². The number of methoxy groups -OCH3 is 1. The summed E-state index contributed by atoms with van der Waals surface area (Å²) < 4.78 is 4.79. The van der Waals surface area contributed by atoms with Gasteiger partial charge < -0.3 is 9.53 Å². The van der Waals surface area contributed by atoms with E-state index in [0.29, 0.717) is 17.5 Å². The lowest BCUT2D eigenvalue weighted by atomic mass is 9.94. The topological polar surface area (TPSA) is 43.4 Å². The maximum atomic E-state index is 11.9. The summed E-state index contributed by atoms with van der Waals surface area (Å²) >= 11 is 4.47. The minimum Gasteiger partial charge on any atom is -0.465 e. The van der Waals surface area contributed by atoms with Crippen molar-refractivity contribution in [2.75, 3.05) is 7.11 Å². The highest BCUT2D eigenvalue weighted by atomic mass is 32.1. The summed E-state index contributed by atoms with van der Waals surface area (Å²) in [5.74, 6) is -0.436. The molecule has 3 nitrogen and oxygen atoms in total. The van der Waals surface area contributed by atoms with Gasteiger partial charge in [0.2, 0.25) is 0 Å². The summed E-state index contributed by atoms with van der Waals surface area (Å²) in [4.78, 5) is 23.6. The zero-order chi connectivity index (χ0) is 15.2. The second-order valence-corrected chi connectivity index (χ2v) is 5.10. The van der Waals surface area contributed by atoms with Crippen molar-refractivity contribution < 1.29 is 14.3 Å². The molecule has 0 atom stereocenters. The van der Waals surface area contributed by atoms with E-state index >= 15 is 0 Å². The van der Waals surface area contributed by atoms with Gasteiger partial charge in [-0.2, -0.15) is 0 Å². The van der Waals surface area contributed by atoms with Crippen LogP contribution in [-0.4, -0.2) is 19.4 Å². The van der Waals surface area contributed by atoms with Gasteiger partial charge in [-0.15, -0.1) is 12.6 Å². The summed E-state index contributed by atoms with van der Waals surface area (Å²) in [7, 11) is 1.33. The quantitative estimate of drug-likeness (QED) is 0.524. The maximum absolute atomic E-state index is 11.9. The molecule has 0 aliphatic heterocycles. The van der Waals surface area contributed by atoms with E-state index < -0.39 is 5.97 Å². The Labute approximate surface area is 129 Å². The number of ether oxygens (including phenoxy) is 1. The van der Waals surface area contributed by atoms with E-state index in [1.54, 1.807) is 12.1 Å². The van der Waals surface area contributed by atoms with E-state index in [1.807, 2.05) is 30.3 Å². The van der Waals surface area contributed by atoms with Crippen LogP contribution >= 0.6 is 12.6 Å². The zero-order valence-electron chi connectivity index (χ0n) is 11.7. The average Bonchev–Trinajstić information content (AvgIpc) is 2.51. The molecule has 21 heavy (non-hydrogen) atoms. The first-order valence-electron chi connectivity index (χ1n) is 6.57. The smallest absolute Gasteiger partial charge is 0.338 e. The molecule has 0 saturated carbocycles. The van der Waals surface area contributed by atoms with E-state index in [2.05, 4.69) is 12.6 Å². The highest BCUT2D eigenvalue weighted by Gasteiger charge is 2.17. The van der Waals surface area contributed by atoms with Gasteiger partial charge in [0, 0.05) is 11.3 Å². The summed E-state index contributed by atoms with van der Waals surface area (Å²) in [5.41, 5.74) is 3.10. The summed E-state index contributed by atoms with van der Waals surface area (Å²) in [5, 5.41) is 0. The molecule has 0 heterocycles. The molecule has 0 spiro atoms. The summed E-state index contributed by atoms with van der Waals surface area (Å²) in [6.07, 6.45) is 1.58. The van der Waals surface area contributed by atoms with Gasteiger partial charge in [-0.25, -0.2) is 4.79 Å². The Morgan fingerprint density at radius 1 is 1.14 bits per heavy atom. The van der Waals surface area contributed by atoms with Crippen molar-refractivity contribution in [1.82, 2.24) is 0 Å². The average molecular weight is 300 g/mol. The number of thiol groups is 1. The Morgan fingerprint density at radius 3 is 2.48 bits per heavy atom. The molecule has 0 fully saturated rings. The summed E-state index contributed by atoms with van der Waals surface area (Å²) in [6, 6.07) is 13.3. The zero-order valence-corrected chi connectivity index (χ0v) is 12.6. The van der Waals surface area contributed by atoms with Crippen molar-refractivity contribution in [3.8, 4) is 0 Å². The third-order valence-electron chi connectivity index (χ3n) is 3.32. The molecule has 0 radical (unpaired) electrons. The van der Waals surface area contributed by atoms with E-state index in [4.69, 9.17) is 4.74 Å². The first kappa shape index (κ1) is 15.3. The van der Waals surface area contributed by atoms with Gasteiger partial charge in [-0.3, -0.25) is 0 Å². The SMILES string of the molecule is COC(=O)c1ccc(S)c(Cc2ccccc2)c1CC=O. The molecular formula is C17H16O3S. The number of hydrogen-bond acceptors (Lipinski definition) is 4. The van der Waals surface area contributed by atoms with E-state index in [0.717, 1.165) is 22.3 Å². The molecule has 0 saturated heterocycles. The third-order valence-corrected chi connectivity index (χ3v) is 3.74. The van der Waals surface area contributed by atoms with Crippen LogP contribution in [0.3, 0.4) is 0 Å². The Balaban J connectivity index is 2.51. The van der Waals surface area contributed by atoms with Crippen molar-refractivity contribution in [1.29, 1.82) is 0 Å². The predicted octanol–water partition coefficient (Wildman–Crippen LogP) is 3.09. The minimum absolute atomic E-state index is 0.168. The fourth-order valence-corrected chi connectivity index (χ4v) is 2.58. The van der Waals surface area contributed by atoms with Gasteiger partial charge in [0.25, 0.3) is 0 Å². The number of rotatable bonds is 5. The Kier molecular flexibility index (Phi) is 5.17. The molecule has 0 aromatic heterocycles. The van der Waals surface area contributed by atoms with Crippen molar-refractivity contribution in [2.24, 2.45) is 0 Å². The van der Waals surface area contributed by atoms with Crippen LogP contribution in [0.5, 0.6) is 0 Å². The monoisotopic (exact) mass is 300 g/mol. The van der Waals surface area contributed by atoms with Crippen LogP contribution in [-0.2, 0) is 22.4 Å². The second-order valence-electron chi connectivity index (χ2n) is 4.61. The van der Waals surface area contributed by atoms with Crippen LogP contribution in [0.15, 0.2) is 47.4 Å². The number of carbonyl (C=O) groups excluding carboxylic acids is 2. The van der Waals surface area contributed by atoms with Gasteiger partial charge in [0.1, 0.15) is 6.29 Å². The first-order valence-corrected chi connectivity index (χ1v) is 7.01. The Bertz CT molecular complexity index is 651. The molecule has 2 rings (SSSR count). The first-order chi connectivity index (χ1) is 10.2. The van der Waals surface area contributed by atoms with Crippen LogP contribution in [0.1, 0.15) is 27.0 Å². The van der Waals surface area contributed by atoms with Crippen LogP contribution in [0, 0.1) is 0 Å². The van der Waals surface area contributed by atoms with Gasteiger partial charge in [0.15, 0.2) is 0 Å². The van der Waals surface area contributed by atoms with E-state index in [1.165, 1.54) is 7.11 Å². The van der Waals surface area contributed by atoms with Crippen LogP contribution in [0.25, 0.3) is 0 Å². The molecule has 0 aliphatic rings. The Morgan fingerprint density at radius 2 is 1.86 bits per heavy atom. The van der Waals surface area contributed by atoms with Gasteiger partial charge in [-0.1, -0.05) is 30.3 Å². The van der Waals surface area contributed by atoms with Crippen LogP contribution in [0.2, 0.25) is 0 Å². The second kappa shape index (κ2) is 7.09. The molecule has 2 aromatic carbocycles. The number of aldehydes is 1. The largest absolute Gasteiger partial charge is 0.465 e.